The van der Waals surface area contributed by atoms with Gasteiger partial charge in [-0.2, -0.15) is 0 Å². The average Bonchev–Trinajstić information content (AvgIpc) is 2.48. The van der Waals surface area contributed by atoms with E-state index in [9.17, 15) is 4.79 Å². The standard InChI is InChI=1S/C8H17BN2O3/c10-6-4-11-7(8(12)13)5(6)2-1-3-9-14/h5-7,9,11,14H,1-4,10H2,(H,12,13)/t5-,6+,7+/m1/s1. The lowest BCUT2D eigenvalue weighted by Gasteiger charge is -2.18. The monoisotopic (exact) mass is 200 g/mol. The summed E-state index contributed by atoms with van der Waals surface area (Å²) in [6.07, 6.45) is 2.32. The second-order valence-electron chi connectivity index (χ2n) is 3.77. The SMILES string of the molecule is N[C@H]1CN[C@H](C(=O)O)[C@@H]1CCCBO. The predicted molar refractivity (Wildman–Crippen MR) is 54.3 cm³/mol. The van der Waals surface area contributed by atoms with Crippen LogP contribution >= 0.6 is 0 Å². The number of carboxylic acid groups (broad SMARTS) is 1. The molecular weight excluding hydrogens is 183 g/mol. The molecule has 0 aliphatic carbocycles. The lowest BCUT2D eigenvalue weighted by molar-refractivity contribution is -0.140. The van der Waals surface area contributed by atoms with E-state index in [-0.39, 0.29) is 19.4 Å². The Morgan fingerprint density at radius 1 is 1.64 bits per heavy atom. The van der Waals surface area contributed by atoms with Crippen LogP contribution in [-0.2, 0) is 4.79 Å². The molecule has 0 unspecified atom stereocenters. The fourth-order valence-corrected chi connectivity index (χ4v) is 1.96. The van der Waals surface area contributed by atoms with Gasteiger partial charge < -0.3 is 21.2 Å². The van der Waals surface area contributed by atoms with Gasteiger partial charge in [0, 0.05) is 18.5 Å². The summed E-state index contributed by atoms with van der Waals surface area (Å²) in [6, 6.07) is -0.585. The van der Waals surface area contributed by atoms with Crippen LogP contribution in [0.5, 0.6) is 0 Å². The minimum absolute atomic E-state index is 0.000880. The zero-order valence-corrected chi connectivity index (χ0v) is 8.15. The first-order valence-electron chi connectivity index (χ1n) is 4.99. The van der Waals surface area contributed by atoms with Crippen LogP contribution in [0.2, 0.25) is 6.32 Å². The molecule has 14 heavy (non-hydrogen) atoms. The van der Waals surface area contributed by atoms with Crippen molar-refractivity contribution >= 4 is 13.5 Å². The molecule has 1 aliphatic heterocycles. The molecule has 3 atom stereocenters. The van der Waals surface area contributed by atoms with Crippen LogP contribution in [0.1, 0.15) is 12.8 Å². The summed E-state index contributed by atoms with van der Waals surface area (Å²) in [5.41, 5.74) is 5.80. The first-order valence-corrected chi connectivity index (χ1v) is 4.99. The highest BCUT2D eigenvalue weighted by molar-refractivity contribution is 6.25. The van der Waals surface area contributed by atoms with E-state index in [1.165, 1.54) is 0 Å². The fraction of sp³-hybridized carbons (Fsp3) is 0.875. The van der Waals surface area contributed by atoms with Crippen LogP contribution in [0.15, 0.2) is 0 Å². The van der Waals surface area contributed by atoms with Crippen molar-refractivity contribution in [3.05, 3.63) is 0 Å². The van der Waals surface area contributed by atoms with Gasteiger partial charge in [-0.3, -0.25) is 4.79 Å². The second-order valence-corrected chi connectivity index (χ2v) is 3.77. The molecular formula is C8H17BN2O3. The Labute approximate surface area is 83.9 Å². The van der Waals surface area contributed by atoms with Crippen LogP contribution in [0.4, 0.5) is 0 Å². The number of hydrogen-bond acceptors (Lipinski definition) is 4. The summed E-state index contributed by atoms with van der Waals surface area (Å²) < 4.78 is 0. The van der Waals surface area contributed by atoms with E-state index >= 15 is 0 Å². The quantitative estimate of drug-likeness (QED) is 0.321. The molecule has 1 saturated heterocycles. The molecule has 0 saturated carbocycles. The third-order valence-electron chi connectivity index (χ3n) is 2.76. The average molecular weight is 200 g/mol. The molecule has 6 heteroatoms. The van der Waals surface area contributed by atoms with Crippen LogP contribution < -0.4 is 11.1 Å². The van der Waals surface area contributed by atoms with Gasteiger partial charge in [-0.25, -0.2) is 0 Å². The first kappa shape index (κ1) is 11.5. The van der Waals surface area contributed by atoms with E-state index in [0.29, 0.717) is 6.54 Å². The second kappa shape index (κ2) is 5.33. The zero-order valence-electron chi connectivity index (χ0n) is 8.15. The van der Waals surface area contributed by atoms with E-state index in [0.717, 1.165) is 19.2 Å². The summed E-state index contributed by atoms with van der Waals surface area (Å²) >= 11 is 0. The van der Waals surface area contributed by atoms with Gasteiger partial charge in [-0.15, -0.1) is 0 Å². The van der Waals surface area contributed by atoms with E-state index in [4.69, 9.17) is 15.9 Å². The number of carboxylic acids is 1. The number of carbonyl (C=O) groups is 1. The van der Waals surface area contributed by atoms with Gasteiger partial charge in [0.25, 0.3) is 7.48 Å². The Bertz CT molecular complexity index is 203. The number of rotatable bonds is 5. The summed E-state index contributed by atoms with van der Waals surface area (Å²) in [5, 5.41) is 20.4. The van der Waals surface area contributed by atoms with Gasteiger partial charge >= 0.3 is 5.97 Å². The fourth-order valence-electron chi connectivity index (χ4n) is 1.96. The Kier molecular flexibility index (Phi) is 4.38. The third-order valence-corrected chi connectivity index (χ3v) is 2.76. The van der Waals surface area contributed by atoms with Crippen molar-refractivity contribution in [3.8, 4) is 0 Å². The van der Waals surface area contributed by atoms with Gasteiger partial charge in [0.15, 0.2) is 0 Å². The smallest absolute Gasteiger partial charge is 0.321 e. The molecule has 0 aromatic carbocycles. The summed E-state index contributed by atoms with van der Waals surface area (Å²) in [5.74, 6) is -0.828. The van der Waals surface area contributed by atoms with Gasteiger partial charge in [-0.05, 0) is 6.42 Å². The summed E-state index contributed by atoms with van der Waals surface area (Å²) in [7, 11) is 0.160. The highest BCUT2D eigenvalue weighted by Gasteiger charge is 2.37. The van der Waals surface area contributed by atoms with Crippen molar-refractivity contribution in [2.24, 2.45) is 11.7 Å². The molecule has 0 bridgehead atoms. The molecule has 1 heterocycles. The van der Waals surface area contributed by atoms with Crippen LogP contribution in [0.3, 0.4) is 0 Å². The van der Waals surface area contributed by atoms with E-state index in [2.05, 4.69) is 5.32 Å². The zero-order chi connectivity index (χ0) is 10.6. The molecule has 5 N–H and O–H groups in total. The van der Waals surface area contributed by atoms with Gasteiger partial charge in [0.2, 0.25) is 0 Å². The van der Waals surface area contributed by atoms with Gasteiger partial charge in [0.1, 0.15) is 6.04 Å². The van der Waals surface area contributed by atoms with Gasteiger partial charge in [0.05, 0.1) is 0 Å². The first-order chi connectivity index (χ1) is 6.66. The molecule has 1 fully saturated rings. The Morgan fingerprint density at radius 2 is 2.36 bits per heavy atom. The van der Waals surface area contributed by atoms with Crippen molar-refractivity contribution in [2.45, 2.75) is 31.2 Å². The molecule has 5 nitrogen and oxygen atoms in total. The number of hydrogen-bond donors (Lipinski definition) is 4. The minimum atomic E-state index is -0.827. The number of nitrogens with one attached hydrogen (secondary N) is 1. The van der Waals surface area contributed by atoms with Crippen LogP contribution in [0, 0.1) is 5.92 Å². The normalized spacial score (nSPS) is 31.7. The molecule has 0 aromatic heterocycles. The Balaban J connectivity index is 2.41. The van der Waals surface area contributed by atoms with Crippen LogP contribution in [-0.4, -0.2) is 42.2 Å². The molecule has 0 amide bonds. The van der Waals surface area contributed by atoms with Crippen molar-refractivity contribution in [1.82, 2.24) is 5.32 Å². The maximum absolute atomic E-state index is 10.8. The maximum atomic E-state index is 10.8. The molecule has 1 rings (SSSR count). The maximum Gasteiger partial charge on any atom is 0.321 e. The van der Waals surface area contributed by atoms with Gasteiger partial charge in [-0.1, -0.05) is 12.7 Å². The third kappa shape index (κ3) is 2.70. The Morgan fingerprint density at radius 3 is 2.93 bits per heavy atom. The lowest BCUT2D eigenvalue weighted by atomic mass is 9.85. The van der Waals surface area contributed by atoms with Crippen molar-refractivity contribution in [3.63, 3.8) is 0 Å². The Hall–Kier alpha value is -0.585. The molecule has 0 radical (unpaired) electrons. The lowest BCUT2D eigenvalue weighted by Crippen LogP contribution is -2.37. The van der Waals surface area contributed by atoms with E-state index in [1.54, 1.807) is 0 Å². The summed E-state index contributed by atoms with van der Waals surface area (Å²) in [4.78, 5) is 10.8. The highest BCUT2D eigenvalue weighted by atomic mass is 16.4. The highest BCUT2D eigenvalue weighted by Crippen LogP contribution is 2.21. The number of nitrogens with two attached hydrogens (primary N) is 1. The van der Waals surface area contributed by atoms with E-state index < -0.39 is 12.0 Å². The summed E-state index contributed by atoms with van der Waals surface area (Å²) in [6.45, 7) is 0.570. The number of aliphatic carboxylic acids is 1. The van der Waals surface area contributed by atoms with E-state index in [1.807, 2.05) is 0 Å². The van der Waals surface area contributed by atoms with Crippen molar-refractivity contribution in [1.29, 1.82) is 0 Å². The predicted octanol–water partition coefficient (Wildman–Crippen LogP) is -1.47. The topological polar surface area (TPSA) is 95.6 Å². The van der Waals surface area contributed by atoms with Crippen LogP contribution in [0.25, 0.3) is 0 Å². The minimum Gasteiger partial charge on any atom is -0.480 e. The van der Waals surface area contributed by atoms with Crippen molar-refractivity contribution < 1.29 is 14.9 Å². The van der Waals surface area contributed by atoms with Crippen molar-refractivity contribution in [2.75, 3.05) is 6.54 Å². The largest absolute Gasteiger partial charge is 0.480 e. The molecule has 0 spiro atoms. The molecule has 1 aliphatic rings. The molecule has 80 valence electrons. The molecule has 0 aromatic rings.